The van der Waals surface area contributed by atoms with E-state index in [4.69, 9.17) is 33.4 Å². The van der Waals surface area contributed by atoms with E-state index in [9.17, 15) is 9.59 Å². The van der Waals surface area contributed by atoms with Gasteiger partial charge in [0.15, 0.2) is 0 Å². The number of hydrogen-bond donors (Lipinski definition) is 2. The number of hydrogen-bond acceptors (Lipinski definition) is 2. The number of benzene rings is 4. The largest absolute Gasteiger partial charge is 0.478 e. The van der Waals surface area contributed by atoms with E-state index in [0.29, 0.717) is 20.8 Å². The van der Waals surface area contributed by atoms with Gasteiger partial charge in [0, 0.05) is 40.3 Å². The van der Waals surface area contributed by atoms with Crippen LogP contribution in [0.15, 0.2) is 72.8 Å². The molecule has 2 N–H and O–H groups in total. The van der Waals surface area contributed by atoms with Crippen LogP contribution in [0.25, 0.3) is 21.5 Å². The summed E-state index contributed by atoms with van der Waals surface area (Å²) in [4.78, 5) is 21.8. The minimum Gasteiger partial charge on any atom is -0.478 e. The van der Waals surface area contributed by atoms with Gasteiger partial charge in [-0.15, -0.1) is 0 Å². The Morgan fingerprint density at radius 2 is 0.862 bits per heavy atom. The molecule has 4 nitrogen and oxygen atoms in total. The van der Waals surface area contributed by atoms with Crippen molar-refractivity contribution in [1.82, 2.24) is 0 Å². The summed E-state index contributed by atoms with van der Waals surface area (Å²) in [5, 5.41) is 21.9. The Kier molecular flexibility index (Phi) is 7.75. The van der Waals surface area contributed by atoms with Crippen LogP contribution in [0.2, 0.25) is 10.0 Å². The summed E-state index contributed by atoms with van der Waals surface area (Å²) in [6, 6.07) is 20.6. The molecule has 4 aromatic rings. The molecule has 0 bridgehead atoms. The maximum Gasteiger partial charge on any atom is 0.336 e. The fourth-order valence-corrected chi connectivity index (χ4v) is 3.39. The predicted octanol–water partition coefficient (Wildman–Crippen LogP) is 6.38. The number of carboxylic acid groups (broad SMARTS) is 2. The Morgan fingerprint density at radius 1 is 0.552 bits per heavy atom. The molecule has 0 aromatic heterocycles. The van der Waals surface area contributed by atoms with E-state index in [1.165, 1.54) is 0 Å². The fourth-order valence-electron chi connectivity index (χ4n) is 2.92. The molecule has 29 heavy (non-hydrogen) atoms. The molecular formula is C22H14Cl2O4Zn. The zero-order valence-electron chi connectivity index (χ0n) is 15.1. The van der Waals surface area contributed by atoms with Gasteiger partial charge in [-0.25, -0.2) is 9.59 Å². The van der Waals surface area contributed by atoms with Crippen molar-refractivity contribution in [3.8, 4) is 0 Å². The van der Waals surface area contributed by atoms with Gasteiger partial charge in [-0.1, -0.05) is 71.7 Å². The van der Waals surface area contributed by atoms with Crippen LogP contribution in [0.1, 0.15) is 20.7 Å². The molecule has 0 atom stereocenters. The third-order valence-electron chi connectivity index (χ3n) is 4.20. The van der Waals surface area contributed by atoms with Gasteiger partial charge in [-0.3, -0.25) is 0 Å². The number of fused-ring (bicyclic) bond motifs is 2. The zero-order valence-corrected chi connectivity index (χ0v) is 19.6. The van der Waals surface area contributed by atoms with E-state index in [1.54, 1.807) is 60.7 Å². The second-order valence-electron chi connectivity index (χ2n) is 5.89. The number of rotatable bonds is 2. The molecule has 0 fully saturated rings. The minimum atomic E-state index is -0.933. The molecule has 0 saturated carbocycles. The normalized spacial score (nSPS) is 10.0. The molecule has 4 aromatic carbocycles. The summed E-state index contributed by atoms with van der Waals surface area (Å²) in [5.41, 5.74) is 0.565. The van der Waals surface area contributed by atoms with Crippen molar-refractivity contribution in [1.29, 1.82) is 0 Å². The van der Waals surface area contributed by atoms with Crippen molar-refractivity contribution >= 4 is 56.7 Å². The molecule has 0 aliphatic carbocycles. The number of carbonyl (C=O) groups is 2. The first kappa shape index (κ1) is 22.8. The van der Waals surface area contributed by atoms with Gasteiger partial charge in [0.1, 0.15) is 0 Å². The van der Waals surface area contributed by atoms with Crippen molar-refractivity contribution < 1.29 is 39.3 Å². The second-order valence-corrected chi connectivity index (χ2v) is 6.71. The molecule has 0 amide bonds. The van der Waals surface area contributed by atoms with Gasteiger partial charge in [0.25, 0.3) is 0 Å². The standard InChI is InChI=1S/2C11H7ClO2.Zn/c2*12-10-6-2-3-7-8(10)4-1-5-9(7)11(13)14;/h2*1-6H,(H,13,14);. The number of halogens is 2. The molecule has 4 rings (SSSR count). The molecule has 142 valence electrons. The molecule has 7 heteroatoms. The third kappa shape index (κ3) is 4.94. The average Bonchev–Trinajstić information content (AvgIpc) is 2.68. The average molecular weight is 479 g/mol. The summed E-state index contributed by atoms with van der Waals surface area (Å²) >= 11 is 11.9. The molecule has 0 aliphatic rings. The second kappa shape index (κ2) is 9.84. The van der Waals surface area contributed by atoms with E-state index in [-0.39, 0.29) is 30.6 Å². The predicted molar refractivity (Wildman–Crippen MR) is 112 cm³/mol. The van der Waals surface area contributed by atoms with Crippen LogP contribution in [0.4, 0.5) is 0 Å². The summed E-state index contributed by atoms with van der Waals surface area (Å²) in [7, 11) is 0. The van der Waals surface area contributed by atoms with Crippen LogP contribution in [0.5, 0.6) is 0 Å². The molecule has 0 heterocycles. The third-order valence-corrected chi connectivity index (χ3v) is 4.86. The van der Waals surface area contributed by atoms with Crippen LogP contribution in [-0.2, 0) is 19.5 Å². The monoisotopic (exact) mass is 476 g/mol. The van der Waals surface area contributed by atoms with Crippen molar-refractivity contribution in [2.45, 2.75) is 0 Å². The molecule has 0 radical (unpaired) electrons. The number of carboxylic acids is 2. The van der Waals surface area contributed by atoms with Crippen molar-refractivity contribution in [3.05, 3.63) is 94.0 Å². The molecular weight excluding hydrogens is 465 g/mol. The quantitative estimate of drug-likeness (QED) is 0.328. The molecule has 0 saturated heterocycles. The van der Waals surface area contributed by atoms with E-state index in [0.717, 1.165) is 10.8 Å². The first-order valence-electron chi connectivity index (χ1n) is 8.21. The van der Waals surface area contributed by atoms with Gasteiger partial charge in [0.05, 0.1) is 11.1 Å². The van der Waals surface area contributed by atoms with Crippen molar-refractivity contribution in [2.24, 2.45) is 0 Å². The smallest absolute Gasteiger partial charge is 0.336 e. The van der Waals surface area contributed by atoms with E-state index in [1.807, 2.05) is 12.1 Å². The van der Waals surface area contributed by atoms with Crippen LogP contribution < -0.4 is 0 Å². The van der Waals surface area contributed by atoms with Crippen LogP contribution in [-0.4, -0.2) is 22.2 Å². The van der Waals surface area contributed by atoms with Gasteiger partial charge >= 0.3 is 11.9 Å². The van der Waals surface area contributed by atoms with Gasteiger partial charge in [-0.05, 0) is 35.0 Å². The van der Waals surface area contributed by atoms with E-state index in [2.05, 4.69) is 0 Å². The first-order valence-corrected chi connectivity index (χ1v) is 8.97. The Morgan fingerprint density at radius 3 is 1.21 bits per heavy atom. The Balaban J connectivity index is 0.000000200. The van der Waals surface area contributed by atoms with Crippen LogP contribution >= 0.6 is 23.2 Å². The van der Waals surface area contributed by atoms with Gasteiger partial charge in [0.2, 0.25) is 0 Å². The van der Waals surface area contributed by atoms with Crippen LogP contribution in [0, 0.1) is 0 Å². The van der Waals surface area contributed by atoms with Crippen LogP contribution in [0.3, 0.4) is 0 Å². The van der Waals surface area contributed by atoms with E-state index >= 15 is 0 Å². The SMILES string of the molecule is O=C(O)c1cccc2c(Cl)cccc12.O=C(O)c1cccc2c(Cl)cccc12.[Zn]. The fraction of sp³-hybridized carbons (Fsp3) is 0. The molecule has 0 aliphatic heterocycles. The molecule has 0 unspecified atom stereocenters. The summed E-state index contributed by atoms with van der Waals surface area (Å²) in [6.07, 6.45) is 0. The van der Waals surface area contributed by atoms with Gasteiger partial charge < -0.3 is 10.2 Å². The Labute approximate surface area is 189 Å². The topological polar surface area (TPSA) is 74.6 Å². The molecule has 0 spiro atoms. The van der Waals surface area contributed by atoms with E-state index < -0.39 is 11.9 Å². The Bertz CT molecular complexity index is 1110. The van der Waals surface area contributed by atoms with Gasteiger partial charge in [-0.2, -0.15) is 0 Å². The summed E-state index contributed by atoms with van der Waals surface area (Å²) < 4.78 is 0. The minimum absolute atomic E-state index is 0. The number of aromatic carboxylic acids is 2. The zero-order chi connectivity index (χ0) is 20.3. The first-order chi connectivity index (χ1) is 13.4. The summed E-state index contributed by atoms with van der Waals surface area (Å²) in [5.74, 6) is -1.87. The Hall–Kier alpha value is -2.46. The van der Waals surface area contributed by atoms with Crippen molar-refractivity contribution in [3.63, 3.8) is 0 Å². The maximum atomic E-state index is 10.9. The van der Waals surface area contributed by atoms with Crippen molar-refractivity contribution in [2.75, 3.05) is 0 Å². The summed E-state index contributed by atoms with van der Waals surface area (Å²) in [6.45, 7) is 0. The maximum absolute atomic E-state index is 10.9.